The minimum absolute atomic E-state index is 0.245. The molecular weight excluding hydrogens is 562 g/mol. The van der Waals surface area contributed by atoms with E-state index in [9.17, 15) is 9.90 Å². The lowest BCUT2D eigenvalue weighted by Crippen LogP contribution is -2.39. The summed E-state index contributed by atoms with van der Waals surface area (Å²) >= 11 is 0. The Morgan fingerprint density at radius 3 is 2.40 bits per heavy atom. The molecule has 0 spiro atoms. The normalized spacial score (nSPS) is 17.3. The highest BCUT2D eigenvalue weighted by Crippen LogP contribution is 2.45. The lowest BCUT2D eigenvalue weighted by atomic mass is 9.81. The molecule has 2 aromatic heterocycles. The fourth-order valence-electron chi connectivity index (χ4n) is 6.75. The van der Waals surface area contributed by atoms with Crippen molar-refractivity contribution in [3.8, 4) is 11.1 Å². The van der Waals surface area contributed by atoms with Crippen molar-refractivity contribution in [3.63, 3.8) is 0 Å². The Morgan fingerprint density at radius 2 is 1.69 bits per heavy atom. The van der Waals surface area contributed by atoms with E-state index in [-0.39, 0.29) is 5.41 Å². The number of carboxylic acids is 1. The predicted octanol–water partition coefficient (Wildman–Crippen LogP) is 7.44. The minimum atomic E-state index is -1.13. The average Bonchev–Trinajstić information content (AvgIpc) is 2.98. The van der Waals surface area contributed by atoms with E-state index in [0.29, 0.717) is 11.3 Å². The van der Waals surface area contributed by atoms with Crippen molar-refractivity contribution in [1.82, 2.24) is 15.0 Å². The molecule has 1 N–H and O–H groups in total. The second kappa shape index (κ2) is 11.7. The summed E-state index contributed by atoms with van der Waals surface area (Å²) in [6.07, 6.45) is 3.69. The molecule has 236 valence electrons. The van der Waals surface area contributed by atoms with Gasteiger partial charge in [-0.2, -0.15) is 0 Å². The van der Waals surface area contributed by atoms with E-state index >= 15 is 0 Å². The monoisotopic (exact) mass is 607 g/mol. The third-order valence-corrected chi connectivity index (χ3v) is 9.24. The van der Waals surface area contributed by atoms with E-state index in [4.69, 9.17) is 14.7 Å². The van der Waals surface area contributed by atoms with Crippen LogP contribution >= 0.6 is 0 Å². The van der Waals surface area contributed by atoms with Crippen LogP contribution in [0.15, 0.2) is 48.7 Å². The first-order valence-corrected chi connectivity index (χ1v) is 16.1. The molecule has 1 unspecified atom stereocenters. The highest BCUT2D eigenvalue weighted by atomic mass is 16.5. The number of nitrogens with zero attached hydrogens (tertiary/aromatic N) is 5. The number of benzene rings is 2. The Bertz CT molecular complexity index is 1750. The number of hydrogen-bond acceptors (Lipinski definition) is 7. The lowest BCUT2D eigenvalue weighted by Gasteiger charge is -2.41. The number of ether oxygens (including phenoxy) is 1. The number of anilines is 2. The van der Waals surface area contributed by atoms with E-state index in [0.717, 1.165) is 84.8 Å². The maximum atomic E-state index is 12.8. The molecule has 0 bridgehead atoms. The average molecular weight is 608 g/mol. The van der Waals surface area contributed by atoms with E-state index in [1.165, 1.54) is 11.1 Å². The first-order valence-electron chi connectivity index (χ1n) is 16.1. The van der Waals surface area contributed by atoms with Gasteiger partial charge in [-0.15, -0.1) is 0 Å². The van der Waals surface area contributed by atoms with E-state index < -0.39 is 17.7 Å². The van der Waals surface area contributed by atoms with Gasteiger partial charge in [0.15, 0.2) is 6.10 Å². The highest BCUT2D eigenvalue weighted by Gasteiger charge is 2.36. The topological polar surface area (TPSA) is 91.7 Å². The van der Waals surface area contributed by atoms with Crippen LogP contribution in [0.3, 0.4) is 0 Å². The molecule has 4 aromatic rings. The van der Waals surface area contributed by atoms with Crippen molar-refractivity contribution < 1.29 is 14.6 Å². The molecular formula is C37H45N5O3. The molecule has 45 heavy (non-hydrogen) atoms. The van der Waals surface area contributed by atoms with Crippen LogP contribution in [0.4, 0.5) is 11.6 Å². The van der Waals surface area contributed by atoms with Gasteiger partial charge in [-0.3, -0.25) is 4.98 Å². The number of carboxylic acid groups (broad SMARTS) is 1. The van der Waals surface area contributed by atoms with Crippen LogP contribution in [0.5, 0.6) is 0 Å². The molecule has 4 heterocycles. The summed E-state index contributed by atoms with van der Waals surface area (Å²) in [6, 6.07) is 14.7. The molecule has 1 saturated heterocycles. The maximum Gasteiger partial charge on any atom is 0.337 e. The van der Waals surface area contributed by atoms with Gasteiger partial charge in [0.05, 0.1) is 16.8 Å². The van der Waals surface area contributed by atoms with Crippen molar-refractivity contribution >= 4 is 28.5 Å². The number of rotatable bonds is 6. The Labute approximate surface area is 266 Å². The van der Waals surface area contributed by atoms with Gasteiger partial charge in [-0.1, -0.05) is 50.2 Å². The van der Waals surface area contributed by atoms with Crippen LogP contribution in [-0.4, -0.2) is 51.3 Å². The lowest BCUT2D eigenvalue weighted by molar-refractivity contribution is -0.160. The number of aliphatic carboxylic acids is 1. The van der Waals surface area contributed by atoms with Gasteiger partial charge in [0.1, 0.15) is 0 Å². The van der Waals surface area contributed by atoms with Gasteiger partial charge in [0, 0.05) is 60.3 Å². The third kappa shape index (κ3) is 6.39. The fraction of sp³-hybridized carbons (Fsp3) is 0.459. The van der Waals surface area contributed by atoms with Crippen molar-refractivity contribution in [2.24, 2.45) is 5.41 Å². The Kier molecular flexibility index (Phi) is 8.06. The van der Waals surface area contributed by atoms with E-state index in [2.05, 4.69) is 46.8 Å². The van der Waals surface area contributed by atoms with Gasteiger partial charge in [-0.25, -0.2) is 14.8 Å². The van der Waals surface area contributed by atoms with Crippen LogP contribution in [0.25, 0.3) is 22.0 Å². The molecule has 0 amide bonds. The quantitative estimate of drug-likeness (QED) is 0.242. The molecule has 8 nitrogen and oxygen atoms in total. The van der Waals surface area contributed by atoms with Crippen LogP contribution in [0, 0.1) is 19.3 Å². The second-order valence-electron chi connectivity index (χ2n) is 14.4. The summed E-state index contributed by atoms with van der Waals surface area (Å²) < 4.78 is 6.26. The molecule has 8 heteroatoms. The van der Waals surface area contributed by atoms with Crippen LogP contribution in [0.2, 0.25) is 0 Å². The molecule has 0 aliphatic carbocycles. The summed E-state index contributed by atoms with van der Waals surface area (Å²) in [5, 5.41) is 11.5. The second-order valence-corrected chi connectivity index (χ2v) is 14.4. The molecule has 2 aliphatic heterocycles. The van der Waals surface area contributed by atoms with Gasteiger partial charge in [-0.05, 0) is 82.1 Å². The smallest absolute Gasteiger partial charge is 0.337 e. The standard InChI is InChI=1S/C37H45N5O3/c1-23-30(26-12-13-28-22-42(17-14-25(28)20-26)35-38-21-27-10-8-9-11-29(27)40-35)32(41-18-15-37(6,7)16-19-41)31(24(2)39-23)33(34(43)44)45-36(3,4)5/h8-13,20-21,33H,14-19,22H2,1-7H3,(H,43,44). The van der Waals surface area contributed by atoms with Gasteiger partial charge in [0.2, 0.25) is 5.95 Å². The predicted molar refractivity (Wildman–Crippen MR) is 180 cm³/mol. The first-order chi connectivity index (χ1) is 21.3. The van der Waals surface area contributed by atoms with Crippen molar-refractivity contribution in [3.05, 3.63) is 76.7 Å². The summed E-state index contributed by atoms with van der Waals surface area (Å²) in [7, 11) is 0. The first kappa shape index (κ1) is 31.0. The number of pyridine rings is 1. The highest BCUT2D eigenvalue weighted by molar-refractivity contribution is 5.88. The maximum absolute atomic E-state index is 12.8. The van der Waals surface area contributed by atoms with Gasteiger partial charge >= 0.3 is 5.97 Å². The van der Waals surface area contributed by atoms with Crippen molar-refractivity contribution in [2.75, 3.05) is 29.4 Å². The summed E-state index contributed by atoms with van der Waals surface area (Å²) in [5.74, 6) is -0.245. The van der Waals surface area contributed by atoms with Crippen LogP contribution in [-0.2, 0) is 22.5 Å². The summed E-state index contributed by atoms with van der Waals surface area (Å²) in [6.45, 7) is 17.6. The Morgan fingerprint density at radius 1 is 0.956 bits per heavy atom. The van der Waals surface area contributed by atoms with Crippen molar-refractivity contribution in [1.29, 1.82) is 0 Å². The number of carbonyl (C=O) groups is 1. The van der Waals surface area contributed by atoms with Crippen molar-refractivity contribution in [2.45, 2.75) is 86.0 Å². The number of fused-ring (bicyclic) bond motifs is 2. The number of hydrogen-bond donors (Lipinski definition) is 1. The van der Waals surface area contributed by atoms with E-state index in [1.807, 2.05) is 65.1 Å². The molecule has 1 atom stereocenters. The number of piperidine rings is 1. The Balaban J connectivity index is 1.42. The zero-order valence-electron chi connectivity index (χ0n) is 27.6. The zero-order valence-corrected chi connectivity index (χ0v) is 27.6. The molecule has 0 radical (unpaired) electrons. The molecule has 0 saturated carbocycles. The molecule has 2 aliphatic rings. The summed E-state index contributed by atoms with van der Waals surface area (Å²) in [5.41, 5.74) is 8.38. The van der Waals surface area contributed by atoms with Gasteiger partial charge in [0.25, 0.3) is 0 Å². The number of aromatic nitrogens is 3. The molecule has 1 fully saturated rings. The number of para-hydroxylation sites is 1. The van der Waals surface area contributed by atoms with E-state index in [1.54, 1.807) is 0 Å². The zero-order chi connectivity index (χ0) is 32.1. The third-order valence-electron chi connectivity index (χ3n) is 9.24. The SMILES string of the molecule is Cc1nc(C)c(C(OC(C)(C)C)C(=O)O)c(N2CCC(C)(C)CC2)c1-c1ccc2c(c1)CCN(c1ncc3ccccc3n1)C2. The fourth-order valence-corrected chi connectivity index (χ4v) is 6.75. The van der Waals surface area contributed by atoms with Gasteiger partial charge < -0.3 is 19.6 Å². The largest absolute Gasteiger partial charge is 0.479 e. The molecule has 6 rings (SSSR count). The summed E-state index contributed by atoms with van der Waals surface area (Å²) in [4.78, 5) is 31.9. The number of aryl methyl sites for hydroxylation is 2. The molecule has 2 aromatic carbocycles. The Hall–Kier alpha value is -4.04. The van der Waals surface area contributed by atoms with Crippen LogP contribution in [0.1, 0.15) is 81.6 Å². The minimum Gasteiger partial charge on any atom is -0.479 e. The van der Waals surface area contributed by atoms with Crippen LogP contribution < -0.4 is 9.80 Å².